The Morgan fingerprint density at radius 3 is 2.79 bits per heavy atom. The van der Waals surface area contributed by atoms with Crippen LogP contribution in [0, 0.1) is 0 Å². The maximum Gasteiger partial charge on any atom is 0.0474 e. The molecule has 1 saturated heterocycles. The molecule has 3 nitrogen and oxygen atoms in total. The smallest absolute Gasteiger partial charge is 0.0474 e. The van der Waals surface area contributed by atoms with Gasteiger partial charge in [0.25, 0.3) is 0 Å². The van der Waals surface area contributed by atoms with Crippen LogP contribution in [-0.4, -0.2) is 44.3 Å². The molecule has 0 aliphatic carbocycles. The van der Waals surface area contributed by atoms with Crippen molar-refractivity contribution >= 4 is 0 Å². The molecule has 1 N–H and O–H groups in total. The molecule has 0 bridgehead atoms. The van der Waals surface area contributed by atoms with Gasteiger partial charge in [-0.3, -0.25) is 4.90 Å². The van der Waals surface area contributed by atoms with Gasteiger partial charge in [0.05, 0.1) is 0 Å². The van der Waals surface area contributed by atoms with Gasteiger partial charge in [0.1, 0.15) is 0 Å². The van der Waals surface area contributed by atoms with Crippen molar-refractivity contribution in [2.45, 2.75) is 31.8 Å². The second-order valence-electron chi connectivity index (χ2n) is 5.27. The Labute approximate surface area is 116 Å². The summed E-state index contributed by atoms with van der Waals surface area (Å²) in [5.74, 6) is 0. The topological polar surface area (TPSA) is 24.5 Å². The largest absolute Gasteiger partial charge is 0.385 e. The molecule has 1 aliphatic rings. The molecule has 0 spiro atoms. The van der Waals surface area contributed by atoms with Crippen molar-refractivity contribution in [1.29, 1.82) is 0 Å². The summed E-state index contributed by atoms with van der Waals surface area (Å²) >= 11 is 0. The van der Waals surface area contributed by atoms with E-state index in [4.69, 9.17) is 4.74 Å². The molecule has 0 radical (unpaired) electrons. The first kappa shape index (κ1) is 14.5. The van der Waals surface area contributed by atoms with Crippen molar-refractivity contribution in [3.63, 3.8) is 0 Å². The van der Waals surface area contributed by atoms with E-state index < -0.39 is 0 Å². The van der Waals surface area contributed by atoms with E-state index in [0.29, 0.717) is 12.1 Å². The van der Waals surface area contributed by atoms with Gasteiger partial charge in [0, 0.05) is 45.4 Å². The molecule has 106 valence electrons. The summed E-state index contributed by atoms with van der Waals surface area (Å²) in [4.78, 5) is 2.62. The fourth-order valence-corrected chi connectivity index (χ4v) is 2.85. The second-order valence-corrected chi connectivity index (χ2v) is 5.27. The molecule has 1 aliphatic heterocycles. The van der Waals surface area contributed by atoms with Crippen molar-refractivity contribution in [2.75, 3.05) is 33.4 Å². The molecule has 2 unspecified atom stereocenters. The molecule has 0 saturated carbocycles. The average molecular weight is 262 g/mol. The Kier molecular flexibility index (Phi) is 5.83. The summed E-state index contributed by atoms with van der Waals surface area (Å²) in [7, 11) is 1.78. The van der Waals surface area contributed by atoms with Gasteiger partial charge >= 0.3 is 0 Å². The number of rotatable bonds is 6. The first-order valence-electron chi connectivity index (χ1n) is 7.36. The number of nitrogens with zero attached hydrogens (tertiary/aromatic N) is 1. The van der Waals surface area contributed by atoms with Crippen molar-refractivity contribution in [1.82, 2.24) is 10.2 Å². The predicted octanol–water partition coefficient (Wildman–Crippen LogP) is 2.45. The summed E-state index contributed by atoms with van der Waals surface area (Å²) in [5.41, 5.74) is 1.40. The zero-order chi connectivity index (χ0) is 13.5. The van der Waals surface area contributed by atoms with Crippen LogP contribution < -0.4 is 5.32 Å². The van der Waals surface area contributed by atoms with E-state index in [1.807, 2.05) is 0 Å². The number of hydrogen-bond acceptors (Lipinski definition) is 3. The molecule has 2 atom stereocenters. The van der Waals surface area contributed by atoms with Gasteiger partial charge in [-0.2, -0.15) is 0 Å². The molecule has 2 rings (SSSR count). The molecular formula is C16H26N2O. The number of methoxy groups -OCH3 is 1. The molecule has 1 aromatic rings. The van der Waals surface area contributed by atoms with Crippen LogP contribution in [0.2, 0.25) is 0 Å². The van der Waals surface area contributed by atoms with Crippen LogP contribution in [0.4, 0.5) is 0 Å². The van der Waals surface area contributed by atoms with E-state index in [0.717, 1.165) is 32.7 Å². The van der Waals surface area contributed by atoms with Crippen molar-refractivity contribution in [2.24, 2.45) is 0 Å². The first-order valence-corrected chi connectivity index (χ1v) is 7.36. The van der Waals surface area contributed by atoms with E-state index >= 15 is 0 Å². The van der Waals surface area contributed by atoms with Gasteiger partial charge in [-0.25, -0.2) is 0 Å². The third kappa shape index (κ3) is 4.03. The van der Waals surface area contributed by atoms with Gasteiger partial charge in [0.2, 0.25) is 0 Å². The van der Waals surface area contributed by atoms with Gasteiger partial charge in [-0.05, 0) is 18.4 Å². The SMILES string of the molecule is CCC1CNC(c2ccccc2)CN1CCCOC. The van der Waals surface area contributed by atoms with Crippen LogP contribution in [0.15, 0.2) is 30.3 Å². The second kappa shape index (κ2) is 7.63. The molecule has 19 heavy (non-hydrogen) atoms. The van der Waals surface area contributed by atoms with Crippen LogP contribution >= 0.6 is 0 Å². The van der Waals surface area contributed by atoms with Crippen molar-refractivity contribution in [3.8, 4) is 0 Å². The highest BCUT2D eigenvalue weighted by Crippen LogP contribution is 2.21. The van der Waals surface area contributed by atoms with Crippen LogP contribution in [0.5, 0.6) is 0 Å². The fourth-order valence-electron chi connectivity index (χ4n) is 2.85. The Morgan fingerprint density at radius 1 is 1.32 bits per heavy atom. The van der Waals surface area contributed by atoms with Gasteiger partial charge in [-0.15, -0.1) is 0 Å². The predicted molar refractivity (Wildman–Crippen MR) is 79.3 cm³/mol. The van der Waals surface area contributed by atoms with E-state index in [-0.39, 0.29) is 0 Å². The molecule has 1 heterocycles. The molecular weight excluding hydrogens is 236 g/mol. The lowest BCUT2D eigenvalue weighted by atomic mass is 10.0. The van der Waals surface area contributed by atoms with Crippen LogP contribution in [-0.2, 0) is 4.74 Å². The van der Waals surface area contributed by atoms with E-state index in [9.17, 15) is 0 Å². The average Bonchev–Trinajstić information content (AvgIpc) is 2.48. The quantitative estimate of drug-likeness (QED) is 0.797. The Morgan fingerprint density at radius 2 is 2.11 bits per heavy atom. The summed E-state index contributed by atoms with van der Waals surface area (Å²) < 4.78 is 5.17. The summed E-state index contributed by atoms with van der Waals surface area (Å²) in [6.45, 7) is 6.46. The molecule has 1 fully saturated rings. The van der Waals surface area contributed by atoms with Gasteiger partial charge in [0.15, 0.2) is 0 Å². The van der Waals surface area contributed by atoms with Gasteiger partial charge < -0.3 is 10.1 Å². The number of ether oxygens (including phenoxy) is 1. The summed E-state index contributed by atoms with van der Waals surface area (Å²) in [6.07, 6.45) is 2.33. The minimum absolute atomic E-state index is 0.464. The third-order valence-electron chi connectivity index (χ3n) is 4.00. The lowest BCUT2D eigenvalue weighted by Gasteiger charge is -2.40. The zero-order valence-electron chi connectivity index (χ0n) is 12.1. The summed E-state index contributed by atoms with van der Waals surface area (Å²) in [5, 5.41) is 3.68. The maximum absolute atomic E-state index is 5.17. The third-order valence-corrected chi connectivity index (χ3v) is 4.00. The number of hydrogen-bond donors (Lipinski definition) is 1. The van der Waals surface area contributed by atoms with E-state index in [2.05, 4.69) is 47.5 Å². The monoisotopic (exact) mass is 262 g/mol. The van der Waals surface area contributed by atoms with E-state index in [1.165, 1.54) is 12.0 Å². The zero-order valence-corrected chi connectivity index (χ0v) is 12.1. The van der Waals surface area contributed by atoms with Gasteiger partial charge in [-0.1, -0.05) is 37.3 Å². The van der Waals surface area contributed by atoms with Crippen LogP contribution in [0.1, 0.15) is 31.4 Å². The highest BCUT2D eigenvalue weighted by atomic mass is 16.5. The number of benzene rings is 1. The maximum atomic E-state index is 5.17. The first-order chi connectivity index (χ1) is 9.35. The van der Waals surface area contributed by atoms with Crippen LogP contribution in [0.25, 0.3) is 0 Å². The molecule has 0 amide bonds. The standard InChI is InChI=1S/C16H26N2O/c1-3-15-12-17-16(14-8-5-4-6-9-14)13-18(15)10-7-11-19-2/h4-6,8-9,15-17H,3,7,10-13H2,1-2H3. The minimum atomic E-state index is 0.464. The fraction of sp³-hybridized carbons (Fsp3) is 0.625. The Balaban J connectivity index is 1.95. The van der Waals surface area contributed by atoms with Crippen LogP contribution in [0.3, 0.4) is 0 Å². The highest BCUT2D eigenvalue weighted by molar-refractivity contribution is 5.20. The Bertz CT molecular complexity index is 355. The number of nitrogens with one attached hydrogen (secondary N) is 1. The lowest BCUT2D eigenvalue weighted by molar-refractivity contribution is 0.107. The molecule has 1 aromatic carbocycles. The molecule has 0 aromatic heterocycles. The van der Waals surface area contributed by atoms with E-state index in [1.54, 1.807) is 7.11 Å². The normalized spacial score (nSPS) is 24.5. The minimum Gasteiger partial charge on any atom is -0.385 e. The highest BCUT2D eigenvalue weighted by Gasteiger charge is 2.26. The van der Waals surface area contributed by atoms with Crippen molar-refractivity contribution in [3.05, 3.63) is 35.9 Å². The molecule has 3 heteroatoms. The number of piperazine rings is 1. The van der Waals surface area contributed by atoms with Crippen molar-refractivity contribution < 1.29 is 4.74 Å². The Hall–Kier alpha value is -0.900. The lowest BCUT2D eigenvalue weighted by Crippen LogP contribution is -2.52. The summed E-state index contributed by atoms with van der Waals surface area (Å²) in [6, 6.07) is 11.9.